The summed E-state index contributed by atoms with van der Waals surface area (Å²) in [5.41, 5.74) is -0.474. The van der Waals surface area contributed by atoms with Gasteiger partial charge in [0.05, 0.1) is 6.10 Å². The van der Waals surface area contributed by atoms with Gasteiger partial charge in [0.2, 0.25) is 0 Å². The molecule has 1 aliphatic rings. The van der Waals surface area contributed by atoms with Gasteiger partial charge in [0.1, 0.15) is 12.2 Å². The highest BCUT2D eigenvalue weighted by Crippen LogP contribution is 2.23. The first-order valence-electron chi connectivity index (χ1n) is 5.87. The first kappa shape index (κ1) is 14.0. The Balaban J connectivity index is 2.13. The van der Waals surface area contributed by atoms with Crippen molar-refractivity contribution in [3.05, 3.63) is 0 Å². The third kappa shape index (κ3) is 5.68. The quantitative estimate of drug-likeness (QED) is 0.815. The third-order valence-corrected chi connectivity index (χ3v) is 2.34. The minimum atomic E-state index is -0.474. The minimum Gasteiger partial charge on any atom is -0.444 e. The summed E-state index contributed by atoms with van der Waals surface area (Å²) in [6.45, 7) is 7.13. The normalized spacial score (nSPS) is 23.8. The molecule has 0 aromatic heterocycles. The molecule has 0 atom stereocenters. The monoisotopic (exact) mass is 243 g/mol. The molecule has 0 spiro atoms. The summed E-state index contributed by atoms with van der Waals surface area (Å²) in [6.07, 6.45) is 1.17. The van der Waals surface area contributed by atoms with Gasteiger partial charge >= 0.3 is 6.09 Å². The highest BCUT2D eigenvalue weighted by Gasteiger charge is 2.32. The standard InChI is InChI=1S/C12H21NO4/c1-8(14)7-16-10-5-9(6-10)13-11(15)17-12(2,3)4/h9-10H,5-7H2,1-4H3,(H,13,15). The molecule has 0 aliphatic heterocycles. The number of Topliss-reactive ketones (excluding diaryl/α,β-unsaturated/α-hetero) is 1. The number of alkyl carbamates (subject to hydrolysis) is 1. The summed E-state index contributed by atoms with van der Waals surface area (Å²) >= 11 is 0. The van der Waals surface area contributed by atoms with E-state index in [0.717, 1.165) is 12.8 Å². The average Bonchev–Trinajstić information content (AvgIpc) is 2.04. The molecule has 1 saturated carbocycles. The Morgan fingerprint density at radius 3 is 2.35 bits per heavy atom. The fourth-order valence-corrected chi connectivity index (χ4v) is 1.53. The maximum Gasteiger partial charge on any atom is 0.407 e. The number of ether oxygens (including phenoxy) is 2. The van der Waals surface area contributed by atoms with Crippen molar-refractivity contribution in [3.8, 4) is 0 Å². The summed E-state index contributed by atoms with van der Waals surface area (Å²) < 4.78 is 10.4. The number of amides is 1. The Morgan fingerprint density at radius 2 is 1.88 bits per heavy atom. The maximum atomic E-state index is 11.4. The summed E-state index contributed by atoms with van der Waals surface area (Å²) in [6, 6.07) is 0.0989. The summed E-state index contributed by atoms with van der Waals surface area (Å²) in [4.78, 5) is 22.1. The first-order valence-corrected chi connectivity index (χ1v) is 5.87. The highest BCUT2D eigenvalue weighted by molar-refractivity contribution is 5.76. The number of carbonyl (C=O) groups excluding carboxylic acids is 2. The summed E-state index contributed by atoms with van der Waals surface area (Å²) in [7, 11) is 0. The van der Waals surface area contributed by atoms with Gasteiger partial charge < -0.3 is 14.8 Å². The number of carbonyl (C=O) groups is 2. The maximum absolute atomic E-state index is 11.4. The molecule has 17 heavy (non-hydrogen) atoms. The van der Waals surface area contributed by atoms with Crippen molar-refractivity contribution < 1.29 is 19.1 Å². The van der Waals surface area contributed by atoms with Crippen LogP contribution in [-0.2, 0) is 14.3 Å². The molecule has 5 heteroatoms. The van der Waals surface area contributed by atoms with Crippen LogP contribution in [0.25, 0.3) is 0 Å². The van der Waals surface area contributed by atoms with Gasteiger partial charge in [-0.15, -0.1) is 0 Å². The van der Waals surface area contributed by atoms with Gasteiger partial charge in [-0.25, -0.2) is 4.79 Å². The molecule has 0 radical (unpaired) electrons. The minimum absolute atomic E-state index is 0.0218. The molecule has 0 aromatic carbocycles. The molecule has 0 heterocycles. The van der Waals surface area contributed by atoms with Crippen LogP contribution < -0.4 is 5.32 Å². The van der Waals surface area contributed by atoms with Gasteiger partial charge in [-0.05, 0) is 40.5 Å². The SMILES string of the molecule is CC(=O)COC1CC(NC(=O)OC(C)(C)C)C1. The molecule has 1 amide bonds. The van der Waals surface area contributed by atoms with E-state index in [1.807, 2.05) is 20.8 Å². The zero-order chi connectivity index (χ0) is 13.1. The zero-order valence-corrected chi connectivity index (χ0v) is 10.9. The van der Waals surface area contributed by atoms with Gasteiger partial charge in [0.15, 0.2) is 5.78 Å². The van der Waals surface area contributed by atoms with Gasteiger partial charge in [-0.2, -0.15) is 0 Å². The fraction of sp³-hybridized carbons (Fsp3) is 0.833. The largest absolute Gasteiger partial charge is 0.444 e. The zero-order valence-electron chi connectivity index (χ0n) is 10.9. The molecular formula is C12H21NO4. The van der Waals surface area contributed by atoms with Crippen molar-refractivity contribution in [3.63, 3.8) is 0 Å². The van der Waals surface area contributed by atoms with Crippen LogP contribution in [0.2, 0.25) is 0 Å². The molecule has 0 unspecified atom stereocenters. The lowest BCUT2D eigenvalue weighted by Crippen LogP contribution is -2.49. The lowest BCUT2D eigenvalue weighted by molar-refractivity contribution is -0.126. The van der Waals surface area contributed by atoms with Crippen LogP contribution in [0.5, 0.6) is 0 Å². The van der Waals surface area contributed by atoms with Crippen molar-refractivity contribution in [1.82, 2.24) is 5.32 Å². The van der Waals surface area contributed by atoms with Crippen molar-refractivity contribution in [1.29, 1.82) is 0 Å². The lowest BCUT2D eigenvalue weighted by Gasteiger charge is -2.35. The molecule has 98 valence electrons. The molecule has 0 saturated heterocycles. The van der Waals surface area contributed by atoms with Crippen molar-refractivity contribution in [2.24, 2.45) is 0 Å². The predicted octanol–water partition coefficient (Wildman–Crippen LogP) is 1.65. The van der Waals surface area contributed by atoms with Crippen LogP contribution in [0.1, 0.15) is 40.5 Å². The van der Waals surface area contributed by atoms with Crippen LogP contribution >= 0.6 is 0 Å². The third-order valence-electron chi connectivity index (χ3n) is 2.34. The smallest absolute Gasteiger partial charge is 0.407 e. The molecule has 1 rings (SSSR count). The van der Waals surface area contributed by atoms with E-state index in [9.17, 15) is 9.59 Å². The van der Waals surface area contributed by atoms with Gasteiger partial charge in [-0.3, -0.25) is 4.79 Å². The van der Waals surface area contributed by atoms with Crippen LogP contribution in [0.4, 0.5) is 4.79 Å². The van der Waals surface area contributed by atoms with Gasteiger partial charge in [0.25, 0.3) is 0 Å². The van der Waals surface area contributed by atoms with E-state index in [4.69, 9.17) is 9.47 Å². The Morgan fingerprint density at radius 1 is 1.29 bits per heavy atom. The van der Waals surface area contributed by atoms with Crippen LogP contribution in [0, 0.1) is 0 Å². The molecule has 1 aliphatic carbocycles. The van der Waals surface area contributed by atoms with Gasteiger partial charge in [-0.1, -0.05) is 0 Å². The molecule has 5 nitrogen and oxygen atoms in total. The van der Waals surface area contributed by atoms with Crippen LogP contribution in [0.15, 0.2) is 0 Å². The second-order valence-corrected chi connectivity index (χ2v) is 5.45. The number of hydrogen-bond donors (Lipinski definition) is 1. The van der Waals surface area contributed by atoms with E-state index in [2.05, 4.69) is 5.32 Å². The summed E-state index contributed by atoms with van der Waals surface area (Å²) in [5.74, 6) is 0.0218. The van der Waals surface area contributed by atoms with E-state index < -0.39 is 11.7 Å². The number of rotatable bonds is 4. The average molecular weight is 243 g/mol. The lowest BCUT2D eigenvalue weighted by atomic mass is 9.89. The van der Waals surface area contributed by atoms with Gasteiger partial charge in [0, 0.05) is 6.04 Å². The number of nitrogens with one attached hydrogen (secondary N) is 1. The Labute approximate surface area is 102 Å². The second-order valence-electron chi connectivity index (χ2n) is 5.45. The molecule has 0 aromatic rings. The first-order chi connectivity index (χ1) is 7.76. The fourth-order valence-electron chi connectivity index (χ4n) is 1.53. The Bertz CT molecular complexity index is 289. The van der Waals surface area contributed by atoms with Crippen molar-refractivity contribution in [2.45, 2.75) is 58.3 Å². The predicted molar refractivity (Wildman–Crippen MR) is 62.8 cm³/mol. The van der Waals surface area contributed by atoms with E-state index in [1.165, 1.54) is 6.92 Å². The number of hydrogen-bond acceptors (Lipinski definition) is 4. The van der Waals surface area contributed by atoms with Crippen molar-refractivity contribution >= 4 is 11.9 Å². The van der Waals surface area contributed by atoms with E-state index in [1.54, 1.807) is 0 Å². The number of ketones is 1. The second kappa shape index (κ2) is 5.49. The topological polar surface area (TPSA) is 64.6 Å². The molecular weight excluding hydrogens is 222 g/mol. The van der Waals surface area contributed by atoms with E-state index in [0.29, 0.717) is 0 Å². The van der Waals surface area contributed by atoms with E-state index in [-0.39, 0.29) is 24.5 Å². The van der Waals surface area contributed by atoms with Crippen LogP contribution in [0.3, 0.4) is 0 Å². The summed E-state index contributed by atoms with van der Waals surface area (Å²) in [5, 5.41) is 2.76. The molecule has 1 N–H and O–H groups in total. The van der Waals surface area contributed by atoms with Crippen LogP contribution in [-0.4, -0.2) is 36.2 Å². The van der Waals surface area contributed by atoms with Crippen molar-refractivity contribution in [2.75, 3.05) is 6.61 Å². The Hall–Kier alpha value is -1.10. The molecule has 1 fully saturated rings. The molecule has 0 bridgehead atoms. The Kier molecular flexibility index (Phi) is 4.51. The van der Waals surface area contributed by atoms with E-state index >= 15 is 0 Å². The highest BCUT2D eigenvalue weighted by atomic mass is 16.6.